The molecule has 12 aromatic rings. The molecule has 0 aliphatic heterocycles. The Morgan fingerprint density at radius 3 is 0.303 bits per heavy atom. The SMILES string of the molecule is CN(C)C=O.CN(C)C=O.CN(C)C=O.CN(C)C=O.O.O.O.O.O.O.O.O.[C-]#N.[C-]#N.[C-]#N.[C-]#N.[C-]#N.[C-]#N.[C-]#N.[C-]#N.[C-]#N.[C-]#N.[C-]#N.[C-]#N.[Fe+2].[Fe+2].[Fe+3].[Fe+3].[H+].[H+].[Mn+2].[Mn+2].c1cnn([BH-](n2cccn2)n2cccn2)c1.c1cnn([BH-](n2cccn2)n2cccn2)c1.c1cnn([BH-](n2cccn2)n2cccn2)c1.c1cnn([BH-](n2cccn2)n2cccn2)c1. The maximum absolute atomic E-state index is 9.43. The van der Waals surface area contributed by atoms with Gasteiger partial charge in [0.1, 0.15) is 0 Å². The number of carbonyl (C=O) groups excluding carboxylic acids is 4. The standard InChI is InChI=1S/4C9H10BN6.4C3H7NO.12CN.4Fe.2Mn.8H2O/c4*1-4-11-14(7-1)10(15-8-2-5-12-15)16-9-3-6-13-16;4*1-4(2)3-5;12*1-2;;;;;;;;;;;;;;/h4*1-10H;4*3H,1-2H3;;;;;;;;;;;;;;;;;;;8*1H2/q4*-1;;;;;12*-1;2*+2;2*+3;2*+2;;;;;;;;/p+2. The summed E-state index contributed by atoms with van der Waals surface area (Å²) in [5.41, 5.74) is 0. The molecule has 52 nitrogen and oxygen atoms in total. The second-order valence-electron chi connectivity index (χ2n) is 18.5. The van der Waals surface area contributed by atoms with Crippen LogP contribution in [0.15, 0.2) is 222 Å². The van der Waals surface area contributed by atoms with E-state index in [1.165, 1.54) is 19.6 Å². The molecule has 122 heavy (non-hydrogen) atoms. The van der Waals surface area contributed by atoms with Crippen molar-refractivity contribution in [3.63, 3.8) is 0 Å². The van der Waals surface area contributed by atoms with Crippen molar-refractivity contribution in [1.29, 1.82) is 63.1 Å². The van der Waals surface area contributed by atoms with E-state index in [0.717, 1.165) is 25.6 Å². The minimum absolute atomic E-state index is 0. The molecule has 656 valence electrons. The summed E-state index contributed by atoms with van der Waals surface area (Å²) in [5.74, 6) is 0. The fourth-order valence-corrected chi connectivity index (χ4v) is 7.39. The molecule has 0 unspecified atom stereocenters. The molecule has 16 N–H and O–H groups in total. The summed E-state index contributed by atoms with van der Waals surface area (Å²) < 4.78 is 22.5. The van der Waals surface area contributed by atoms with Crippen LogP contribution in [0.1, 0.15) is 2.85 Å². The monoisotopic (exact) mass is 1940 g/mol. The van der Waals surface area contributed by atoms with Crippen molar-refractivity contribution >= 4 is 54.1 Å². The molecule has 0 aromatic carbocycles. The second-order valence-corrected chi connectivity index (χ2v) is 18.5. The molecule has 0 aliphatic carbocycles. The molecule has 0 bridgehead atoms. The summed E-state index contributed by atoms with van der Waals surface area (Å²) in [7, 11) is 9.00. The van der Waals surface area contributed by atoms with Crippen LogP contribution in [0.4, 0.5) is 0 Å². The minimum atomic E-state index is -1.12. The number of hydrogen-bond acceptors (Lipinski definition) is 28. The number of rotatable bonds is 16. The van der Waals surface area contributed by atoms with Gasteiger partial charge in [0.15, 0.2) is 0 Å². The molecule has 4 amide bonds. The Balaban J connectivity index is -0.0000000409. The Bertz CT molecular complexity index is 3210. The maximum atomic E-state index is 9.43. The summed E-state index contributed by atoms with van der Waals surface area (Å²) in [5, 5.41) is 126. The van der Waals surface area contributed by atoms with Crippen molar-refractivity contribution in [1.82, 2.24) is 136 Å². The third-order valence-electron chi connectivity index (χ3n) is 11.0. The Morgan fingerprint density at radius 1 is 0.213 bits per heavy atom. The number of amides is 4. The van der Waals surface area contributed by atoms with E-state index in [2.05, 4.69) is 61.2 Å². The average molecular weight is 1940 g/mol. The van der Waals surface area contributed by atoms with Gasteiger partial charge in [-0.2, -0.15) is 0 Å². The Kier molecular flexibility index (Phi) is 170. The summed E-state index contributed by atoms with van der Waals surface area (Å²) in [4.78, 5) is 43.5. The van der Waals surface area contributed by atoms with Crippen LogP contribution in [0.25, 0.3) is 0 Å². The van der Waals surface area contributed by atoms with E-state index >= 15 is 0 Å². The smallest absolute Gasteiger partial charge is 0.512 e. The van der Waals surface area contributed by atoms with E-state index in [0.29, 0.717) is 0 Å². The van der Waals surface area contributed by atoms with Crippen molar-refractivity contribution in [2.45, 2.75) is 0 Å². The molecule has 0 saturated heterocycles. The molecule has 62 heteroatoms. The number of nitrogens with zero attached hydrogens (tertiary/aromatic N) is 40. The van der Waals surface area contributed by atoms with Gasteiger partial charge in [0.05, 0.1) is 0 Å². The predicted molar refractivity (Wildman–Crippen MR) is 410 cm³/mol. The molecule has 12 rings (SSSR count). The largest absolute Gasteiger partial charge is 3.00 e. The van der Waals surface area contributed by atoms with E-state index in [9.17, 15) is 19.2 Å². The van der Waals surface area contributed by atoms with Gasteiger partial charge in [-0.05, 0) is 147 Å². The minimum Gasteiger partial charge on any atom is -0.512 e. The van der Waals surface area contributed by atoms with Crippen LogP contribution in [-0.2, 0) is 122 Å². The zero-order valence-electron chi connectivity index (χ0n) is 67.6. The van der Waals surface area contributed by atoms with Crippen LogP contribution >= 0.6 is 0 Å². The van der Waals surface area contributed by atoms with Gasteiger partial charge in [0, 0.05) is 131 Å². The van der Waals surface area contributed by atoms with E-state index < -0.39 is 28.5 Å². The molecule has 12 aromatic heterocycles. The quantitative estimate of drug-likeness (QED) is 0.0493. The molecule has 4 radical (unpaired) electrons. The second kappa shape index (κ2) is 125. The number of hydrogen-bond donors (Lipinski definition) is 0. The molecular formula is C60H86B4Fe4Mn2N40O12. The summed E-state index contributed by atoms with van der Waals surface area (Å²) in [6.45, 7) is 57.0. The van der Waals surface area contributed by atoms with Gasteiger partial charge in [-0.15, -0.1) is 0 Å². The summed E-state index contributed by atoms with van der Waals surface area (Å²) >= 11 is 0. The molecule has 0 spiro atoms. The zero-order chi connectivity index (χ0) is 84.3. The first-order valence-electron chi connectivity index (χ1n) is 28.6. The zero-order valence-corrected chi connectivity index (χ0v) is 72.4. The van der Waals surface area contributed by atoms with Crippen molar-refractivity contribution < 1.29 is 168 Å². The van der Waals surface area contributed by atoms with Crippen LogP contribution in [0.5, 0.6) is 0 Å². The van der Waals surface area contributed by atoms with Crippen LogP contribution in [-0.4, -0.2) is 290 Å². The fourth-order valence-electron chi connectivity index (χ4n) is 7.39. The van der Waals surface area contributed by atoms with Gasteiger partial charge in [0.2, 0.25) is 25.6 Å². The molecule has 0 saturated carbocycles. The Morgan fingerprint density at radius 2 is 0.270 bits per heavy atom. The van der Waals surface area contributed by atoms with Crippen molar-refractivity contribution in [2.24, 2.45) is 0 Å². The summed E-state index contributed by atoms with van der Waals surface area (Å²) in [6, 6.07) is 22.7. The number of carbonyl (C=O) groups is 4. The van der Waals surface area contributed by atoms with Crippen LogP contribution in [0.2, 0.25) is 0 Å². The third kappa shape index (κ3) is 73.0. The summed E-state index contributed by atoms with van der Waals surface area (Å²) in [6.07, 6.45) is 47.1. The topological polar surface area (TPSA) is 833 Å². The van der Waals surface area contributed by atoms with Gasteiger partial charge in [-0.1, -0.05) is 0 Å². The van der Waals surface area contributed by atoms with Gasteiger partial charge in [-0.3, -0.25) is 19.2 Å². The van der Waals surface area contributed by atoms with Crippen LogP contribution in [0, 0.1) is 142 Å². The Labute approximate surface area is 773 Å². The maximum Gasteiger partial charge on any atom is 3.00 e. The predicted octanol–water partition coefficient (Wildman–Crippen LogP) is -6.66. The van der Waals surface area contributed by atoms with Gasteiger partial charge >= 0.3 is 134 Å². The number of aromatic nitrogens is 24. The molecule has 12 heterocycles. The van der Waals surface area contributed by atoms with E-state index in [1.54, 1.807) is 131 Å². The van der Waals surface area contributed by atoms with E-state index in [4.69, 9.17) is 142 Å². The van der Waals surface area contributed by atoms with Gasteiger partial charge in [-0.25, -0.2) is 61.2 Å². The Hall–Kier alpha value is -14.7. The van der Waals surface area contributed by atoms with Gasteiger partial charge < -0.3 is 261 Å². The first-order valence-corrected chi connectivity index (χ1v) is 28.6. The average Bonchev–Trinajstić information content (AvgIpc) is 1.64. The van der Waals surface area contributed by atoms with Crippen molar-refractivity contribution in [3.05, 3.63) is 300 Å². The normalized spacial score (nSPS) is 7.11. The van der Waals surface area contributed by atoms with E-state index in [1.807, 2.05) is 202 Å². The van der Waals surface area contributed by atoms with Crippen molar-refractivity contribution in [3.8, 4) is 0 Å². The molecule has 0 fully saturated rings. The third-order valence-corrected chi connectivity index (χ3v) is 11.0. The molecule has 0 aliphatic rings. The molecule has 0 atom stereocenters. The first-order chi connectivity index (χ1) is 52.9. The van der Waals surface area contributed by atoms with Gasteiger partial charge in [0.25, 0.3) is 0 Å². The first kappa shape index (κ1) is 167. The van der Waals surface area contributed by atoms with Crippen LogP contribution < -0.4 is 0 Å². The van der Waals surface area contributed by atoms with Crippen molar-refractivity contribution in [2.75, 3.05) is 56.4 Å². The van der Waals surface area contributed by atoms with Crippen LogP contribution in [0.3, 0.4) is 0 Å². The molecular weight excluding hydrogens is 1850 g/mol. The fraction of sp³-hybridized carbons (Fsp3) is 0.133. The van der Waals surface area contributed by atoms with E-state index in [-0.39, 0.29) is 149 Å².